The van der Waals surface area contributed by atoms with Crippen LogP contribution in [-0.2, 0) is 0 Å². The van der Waals surface area contributed by atoms with Gasteiger partial charge in [0.05, 0.1) is 10.7 Å². The second kappa shape index (κ2) is 5.54. The number of pyridine rings is 1. The van der Waals surface area contributed by atoms with Crippen LogP contribution in [0, 0.1) is 19.7 Å². The number of nitrogens with zero attached hydrogens (tertiary/aromatic N) is 1. The molecule has 0 bridgehead atoms. The summed E-state index contributed by atoms with van der Waals surface area (Å²) in [6, 6.07) is 7.27. The number of hydrogen-bond acceptors (Lipinski definition) is 1. The molecule has 0 amide bonds. The summed E-state index contributed by atoms with van der Waals surface area (Å²) >= 11 is 6.08. The molecule has 1 aromatic heterocycles. The van der Waals surface area contributed by atoms with Gasteiger partial charge in [-0.15, -0.1) is 0 Å². The molecule has 0 unspecified atom stereocenters. The van der Waals surface area contributed by atoms with E-state index in [9.17, 15) is 4.39 Å². The molecule has 0 atom stereocenters. The van der Waals surface area contributed by atoms with E-state index in [4.69, 9.17) is 11.6 Å². The quantitative estimate of drug-likeness (QED) is 0.743. The second-order valence-corrected chi connectivity index (χ2v) is 4.87. The van der Waals surface area contributed by atoms with Crippen LogP contribution in [0.5, 0.6) is 0 Å². The number of halogens is 2. The van der Waals surface area contributed by atoms with E-state index < -0.39 is 0 Å². The molecule has 3 heteroatoms. The molecule has 1 heterocycles. The van der Waals surface area contributed by atoms with Crippen molar-refractivity contribution in [2.24, 2.45) is 0 Å². The number of aromatic nitrogens is 1. The van der Waals surface area contributed by atoms with Gasteiger partial charge in [-0.3, -0.25) is 4.98 Å². The first-order chi connectivity index (χ1) is 9.04. The minimum atomic E-state index is -0.200. The highest BCUT2D eigenvalue weighted by Gasteiger charge is 2.10. The van der Waals surface area contributed by atoms with E-state index in [1.807, 2.05) is 26.0 Å². The Labute approximate surface area is 117 Å². The van der Waals surface area contributed by atoms with E-state index in [-0.39, 0.29) is 5.82 Å². The van der Waals surface area contributed by atoms with Gasteiger partial charge in [0, 0.05) is 17.3 Å². The summed E-state index contributed by atoms with van der Waals surface area (Å²) in [5.74, 6) is -0.200. The van der Waals surface area contributed by atoms with Gasteiger partial charge < -0.3 is 0 Å². The highest BCUT2D eigenvalue weighted by atomic mass is 35.5. The largest absolute Gasteiger partial charge is 0.254 e. The Kier molecular flexibility index (Phi) is 4.01. The van der Waals surface area contributed by atoms with Gasteiger partial charge in [0.15, 0.2) is 0 Å². The van der Waals surface area contributed by atoms with Crippen molar-refractivity contribution in [1.29, 1.82) is 0 Å². The summed E-state index contributed by atoms with van der Waals surface area (Å²) in [5.41, 5.74) is 3.63. The summed E-state index contributed by atoms with van der Waals surface area (Å²) in [6.07, 6.45) is 3.45. The van der Waals surface area contributed by atoms with Crippen molar-refractivity contribution in [2.75, 3.05) is 0 Å². The van der Waals surface area contributed by atoms with Crippen LogP contribution in [-0.4, -0.2) is 4.98 Å². The third kappa shape index (κ3) is 2.69. The molecule has 0 aliphatic heterocycles. The average molecular weight is 276 g/mol. The Bertz CT molecular complexity index is 647. The zero-order valence-electron chi connectivity index (χ0n) is 11.2. The van der Waals surface area contributed by atoms with Gasteiger partial charge >= 0.3 is 0 Å². The Balaban J connectivity index is 2.54. The van der Waals surface area contributed by atoms with Crippen LogP contribution in [0.15, 0.2) is 36.5 Å². The van der Waals surface area contributed by atoms with Crippen LogP contribution in [0.25, 0.3) is 16.2 Å². The molecule has 0 aliphatic rings. The summed E-state index contributed by atoms with van der Waals surface area (Å²) in [7, 11) is 0. The highest BCUT2D eigenvalue weighted by Crippen LogP contribution is 2.28. The van der Waals surface area contributed by atoms with Crippen LogP contribution in [0.2, 0.25) is 0 Å². The monoisotopic (exact) mass is 275 g/mol. The molecular weight excluding hydrogens is 261 g/mol. The maximum Gasteiger partial charge on any atom is 0.133 e. The van der Waals surface area contributed by atoms with Crippen molar-refractivity contribution in [2.45, 2.75) is 20.8 Å². The second-order valence-electron chi connectivity index (χ2n) is 4.46. The van der Waals surface area contributed by atoms with Crippen LogP contribution in [0.4, 0.5) is 4.39 Å². The van der Waals surface area contributed by atoms with Crippen molar-refractivity contribution >= 4 is 16.6 Å². The van der Waals surface area contributed by atoms with Gasteiger partial charge in [-0.1, -0.05) is 35.9 Å². The number of aryl methyl sites for hydroxylation is 2. The number of rotatable bonds is 2. The Hall–Kier alpha value is -1.67. The fraction of sp³-hybridized carbons (Fsp3) is 0.188. The first kappa shape index (κ1) is 13.8. The molecule has 2 aromatic rings. The molecule has 2 rings (SSSR count). The zero-order chi connectivity index (χ0) is 14.0. The average Bonchev–Trinajstić information content (AvgIpc) is 2.41. The summed E-state index contributed by atoms with van der Waals surface area (Å²) in [6.45, 7) is 5.53. The lowest BCUT2D eigenvalue weighted by Crippen LogP contribution is -1.94. The predicted molar refractivity (Wildman–Crippen MR) is 78.6 cm³/mol. The molecule has 0 aliphatic carbocycles. The number of hydrogen-bond donors (Lipinski definition) is 0. The molecule has 1 nitrogen and oxygen atoms in total. The molecule has 1 aromatic carbocycles. The normalized spacial score (nSPS) is 11.7. The fourth-order valence-corrected chi connectivity index (χ4v) is 2.18. The number of benzene rings is 1. The van der Waals surface area contributed by atoms with Crippen LogP contribution in [0.1, 0.15) is 23.7 Å². The Morgan fingerprint density at radius 3 is 2.63 bits per heavy atom. The third-order valence-electron chi connectivity index (χ3n) is 3.06. The lowest BCUT2D eigenvalue weighted by Gasteiger charge is -2.09. The standard InChI is InChI=1S/C16H15ClFN/c1-4-14(17)16-11(3)8-12(9-19-16)13-7-5-6-10(2)15(13)18/h4-9H,1-3H3/b14-4+. The predicted octanol–water partition coefficient (Wildman–Crippen LogP) is 5.10. The minimum Gasteiger partial charge on any atom is -0.254 e. The van der Waals surface area contributed by atoms with Crippen molar-refractivity contribution in [3.63, 3.8) is 0 Å². The van der Waals surface area contributed by atoms with E-state index in [0.29, 0.717) is 16.2 Å². The van der Waals surface area contributed by atoms with E-state index in [2.05, 4.69) is 4.98 Å². The molecule has 0 saturated heterocycles. The summed E-state index contributed by atoms with van der Waals surface area (Å²) in [5, 5.41) is 0.605. The van der Waals surface area contributed by atoms with Crippen molar-refractivity contribution in [3.8, 4) is 11.1 Å². The maximum atomic E-state index is 14.1. The lowest BCUT2D eigenvalue weighted by molar-refractivity contribution is 0.622. The van der Waals surface area contributed by atoms with Gasteiger partial charge in [-0.25, -0.2) is 4.39 Å². The van der Waals surface area contributed by atoms with Crippen molar-refractivity contribution < 1.29 is 4.39 Å². The zero-order valence-corrected chi connectivity index (χ0v) is 11.9. The molecule has 98 valence electrons. The third-order valence-corrected chi connectivity index (χ3v) is 3.46. The van der Waals surface area contributed by atoms with Crippen LogP contribution >= 0.6 is 11.6 Å². The van der Waals surface area contributed by atoms with Crippen molar-refractivity contribution in [1.82, 2.24) is 4.98 Å². The SMILES string of the molecule is C/C=C(/Cl)c1ncc(-c2cccc(C)c2F)cc1C. The topological polar surface area (TPSA) is 12.9 Å². The maximum absolute atomic E-state index is 14.1. The first-order valence-electron chi connectivity index (χ1n) is 6.09. The van der Waals surface area contributed by atoms with Crippen LogP contribution < -0.4 is 0 Å². The summed E-state index contributed by atoms with van der Waals surface area (Å²) < 4.78 is 14.1. The van der Waals surface area contributed by atoms with E-state index in [0.717, 1.165) is 16.8 Å². The number of allylic oxidation sites excluding steroid dienone is 1. The molecule has 0 spiro atoms. The smallest absolute Gasteiger partial charge is 0.133 e. The summed E-state index contributed by atoms with van der Waals surface area (Å²) in [4.78, 5) is 4.33. The van der Waals surface area contributed by atoms with E-state index in [1.165, 1.54) is 0 Å². The van der Waals surface area contributed by atoms with Crippen molar-refractivity contribution in [3.05, 3.63) is 59.2 Å². The van der Waals surface area contributed by atoms with Gasteiger partial charge in [0.25, 0.3) is 0 Å². The Morgan fingerprint density at radius 2 is 2.00 bits per heavy atom. The highest BCUT2D eigenvalue weighted by molar-refractivity contribution is 6.48. The fourth-order valence-electron chi connectivity index (χ4n) is 1.98. The van der Waals surface area contributed by atoms with Gasteiger partial charge in [-0.05, 0) is 38.0 Å². The molecule has 0 saturated carbocycles. The lowest BCUT2D eigenvalue weighted by atomic mass is 10.0. The molecule has 0 N–H and O–H groups in total. The van der Waals surface area contributed by atoms with Gasteiger partial charge in [0.1, 0.15) is 5.82 Å². The first-order valence-corrected chi connectivity index (χ1v) is 6.46. The molecular formula is C16H15ClFN. The minimum absolute atomic E-state index is 0.200. The molecule has 19 heavy (non-hydrogen) atoms. The molecule has 0 fully saturated rings. The Morgan fingerprint density at radius 1 is 1.26 bits per heavy atom. The van der Waals surface area contributed by atoms with Crippen LogP contribution in [0.3, 0.4) is 0 Å². The van der Waals surface area contributed by atoms with Gasteiger partial charge in [-0.2, -0.15) is 0 Å². The van der Waals surface area contributed by atoms with E-state index >= 15 is 0 Å². The van der Waals surface area contributed by atoms with Gasteiger partial charge in [0.2, 0.25) is 0 Å². The molecule has 0 radical (unpaired) electrons. The van der Waals surface area contributed by atoms with E-state index in [1.54, 1.807) is 31.3 Å².